The molecule has 0 aliphatic heterocycles. The van der Waals surface area contributed by atoms with Crippen LogP contribution in [0.15, 0.2) is 0 Å². The fourth-order valence-corrected chi connectivity index (χ4v) is 2.10. The summed E-state index contributed by atoms with van der Waals surface area (Å²) in [6.45, 7) is 2.91. The van der Waals surface area contributed by atoms with E-state index in [1.54, 1.807) is 0 Å². The van der Waals surface area contributed by atoms with Crippen LogP contribution < -0.4 is 27.0 Å². The summed E-state index contributed by atoms with van der Waals surface area (Å²) in [5.41, 5.74) is 5.40. The highest BCUT2D eigenvalue weighted by atomic mass is 16.4. The van der Waals surface area contributed by atoms with E-state index < -0.39 is 35.6 Å². The first-order chi connectivity index (χ1) is 12.6. The normalized spacial score (nSPS) is 12.4. The number of rotatable bonds is 13. The van der Waals surface area contributed by atoms with Crippen LogP contribution in [0.4, 0.5) is 0 Å². The third-order valence-corrected chi connectivity index (χ3v) is 3.47. The molecule has 0 bridgehead atoms. The number of carbonyl (C=O) groups excluding carboxylic acids is 4. The predicted octanol–water partition coefficient (Wildman–Crippen LogP) is -2.17. The van der Waals surface area contributed by atoms with Crippen LogP contribution in [0.1, 0.15) is 39.5 Å². The van der Waals surface area contributed by atoms with E-state index in [1.165, 1.54) is 6.92 Å². The van der Waals surface area contributed by atoms with Crippen molar-refractivity contribution in [2.75, 3.05) is 19.6 Å². The Morgan fingerprint density at radius 3 is 2.11 bits per heavy atom. The zero-order valence-electron chi connectivity index (χ0n) is 15.7. The molecule has 0 aliphatic rings. The molecule has 0 aromatic carbocycles. The third-order valence-electron chi connectivity index (χ3n) is 3.47. The molecule has 4 amide bonds. The second-order valence-electron chi connectivity index (χ2n) is 6.08. The average molecular weight is 387 g/mol. The Labute approximate surface area is 157 Å². The highest BCUT2D eigenvalue weighted by molar-refractivity contribution is 5.92. The number of amides is 4. The maximum Gasteiger partial charge on any atom is 0.303 e. The molecular weight excluding hydrogens is 358 g/mol. The topological polar surface area (TPSA) is 180 Å². The Bertz CT molecular complexity index is 539. The summed E-state index contributed by atoms with van der Waals surface area (Å²) in [6, 6.07) is -1.23. The Hall–Kier alpha value is -2.69. The molecular formula is C16H29N5O6. The smallest absolute Gasteiger partial charge is 0.303 e. The van der Waals surface area contributed by atoms with Crippen LogP contribution in [0.5, 0.6) is 0 Å². The van der Waals surface area contributed by atoms with Gasteiger partial charge in [-0.3, -0.25) is 24.0 Å². The average Bonchev–Trinajstić information content (AvgIpc) is 2.59. The first kappa shape index (κ1) is 24.3. The molecule has 0 aromatic rings. The second kappa shape index (κ2) is 13.5. The van der Waals surface area contributed by atoms with E-state index in [4.69, 9.17) is 10.8 Å². The number of hydrogen-bond donors (Lipinski definition) is 6. The van der Waals surface area contributed by atoms with Crippen LogP contribution in [-0.4, -0.2) is 66.4 Å². The van der Waals surface area contributed by atoms with Gasteiger partial charge in [0, 0.05) is 19.4 Å². The molecule has 0 heterocycles. The van der Waals surface area contributed by atoms with Crippen molar-refractivity contribution in [2.24, 2.45) is 5.73 Å². The van der Waals surface area contributed by atoms with Gasteiger partial charge in [-0.1, -0.05) is 0 Å². The molecule has 0 aromatic heterocycles. The molecule has 0 rings (SSSR count). The van der Waals surface area contributed by atoms with Gasteiger partial charge in [-0.25, -0.2) is 0 Å². The second-order valence-corrected chi connectivity index (χ2v) is 6.08. The molecule has 11 nitrogen and oxygen atoms in total. The van der Waals surface area contributed by atoms with Crippen molar-refractivity contribution < 1.29 is 29.1 Å². The van der Waals surface area contributed by atoms with E-state index in [9.17, 15) is 24.0 Å². The summed E-state index contributed by atoms with van der Waals surface area (Å²) in [7, 11) is 0. The molecule has 0 aliphatic carbocycles. The molecule has 0 fully saturated rings. The van der Waals surface area contributed by atoms with Gasteiger partial charge in [-0.15, -0.1) is 0 Å². The summed E-state index contributed by atoms with van der Waals surface area (Å²) < 4.78 is 0. The van der Waals surface area contributed by atoms with Crippen molar-refractivity contribution in [3.05, 3.63) is 0 Å². The Kier molecular flexibility index (Phi) is 12.2. The maximum atomic E-state index is 12.2. The fourth-order valence-electron chi connectivity index (χ4n) is 2.10. The van der Waals surface area contributed by atoms with Crippen LogP contribution in [0.25, 0.3) is 0 Å². The van der Waals surface area contributed by atoms with E-state index in [2.05, 4.69) is 21.3 Å². The van der Waals surface area contributed by atoms with E-state index >= 15 is 0 Å². The van der Waals surface area contributed by atoms with Crippen LogP contribution in [-0.2, 0) is 24.0 Å². The summed E-state index contributed by atoms with van der Waals surface area (Å²) in [5, 5.41) is 18.4. The van der Waals surface area contributed by atoms with Crippen LogP contribution >= 0.6 is 0 Å². The van der Waals surface area contributed by atoms with E-state index in [0.717, 1.165) is 6.42 Å². The number of nitrogens with one attached hydrogen (secondary N) is 4. The van der Waals surface area contributed by atoms with E-state index in [1.807, 2.05) is 6.92 Å². The van der Waals surface area contributed by atoms with Crippen molar-refractivity contribution in [3.63, 3.8) is 0 Å². The van der Waals surface area contributed by atoms with Gasteiger partial charge in [0.1, 0.15) is 6.04 Å². The summed E-state index contributed by atoms with van der Waals surface area (Å²) in [5.74, 6) is -3.28. The minimum Gasteiger partial charge on any atom is -0.481 e. The molecule has 0 spiro atoms. The predicted molar refractivity (Wildman–Crippen MR) is 96.4 cm³/mol. The first-order valence-corrected chi connectivity index (χ1v) is 8.68. The molecule has 0 saturated heterocycles. The zero-order valence-corrected chi connectivity index (χ0v) is 15.7. The third kappa shape index (κ3) is 13.2. The van der Waals surface area contributed by atoms with Gasteiger partial charge in [0.2, 0.25) is 23.6 Å². The van der Waals surface area contributed by atoms with E-state index in [-0.39, 0.29) is 32.0 Å². The Morgan fingerprint density at radius 2 is 1.56 bits per heavy atom. The molecule has 154 valence electrons. The zero-order chi connectivity index (χ0) is 20.8. The number of hydrogen-bond acceptors (Lipinski definition) is 6. The molecule has 7 N–H and O–H groups in total. The molecule has 11 heteroatoms. The number of aliphatic carboxylic acids is 1. The Balaban J connectivity index is 4.55. The van der Waals surface area contributed by atoms with Gasteiger partial charge in [-0.2, -0.15) is 0 Å². The van der Waals surface area contributed by atoms with Crippen LogP contribution in [0.3, 0.4) is 0 Å². The van der Waals surface area contributed by atoms with Crippen molar-refractivity contribution in [1.82, 2.24) is 21.3 Å². The van der Waals surface area contributed by atoms with E-state index in [0.29, 0.717) is 13.0 Å². The maximum absolute atomic E-state index is 12.2. The van der Waals surface area contributed by atoms with Crippen LogP contribution in [0, 0.1) is 0 Å². The minimum atomic E-state index is -1.13. The number of carboxylic acids is 1. The number of nitrogens with two attached hydrogens (primary N) is 1. The van der Waals surface area contributed by atoms with Crippen molar-refractivity contribution >= 4 is 29.6 Å². The number of carboxylic acid groups (broad SMARTS) is 1. The van der Waals surface area contributed by atoms with Gasteiger partial charge < -0.3 is 32.1 Å². The van der Waals surface area contributed by atoms with Crippen molar-refractivity contribution in [1.29, 1.82) is 0 Å². The lowest BCUT2D eigenvalue weighted by Gasteiger charge is -2.18. The monoisotopic (exact) mass is 387 g/mol. The molecule has 2 atom stereocenters. The molecule has 0 unspecified atom stereocenters. The fraction of sp³-hybridized carbons (Fsp3) is 0.688. The van der Waals surface area contributed by atoms with Gasteiger partial charge in [0.05, 0.1) is 13.1 Å². The summed E-state index contributed by atoms with van der Waals surface area (Å²) >= 11 is 0. The molecule has 0 radical (unpaired) electrons. The van der Waals surface area contributed by atoms with Gasteiger partial charge in [0.25, 0.3) is 0 Å². The van der Waals surface area contributed by atoms with Crippen molar-refractivity contribution in [2.45, 2.75) is 51.6 Å². The quantitative estimate of drug-likeness (QED) is 0.208. The Morgan fingerprint density at radius 1 is 0.963 bits per heavy atom. The minimum absolute atomic E-state index is 0.0990. The van der Waals surface area contributed by atoms with Gasteiger partial charge >= 0.3 is 5.97 Å². The highest BCUT2D eigenvalue weighted by Crippen LogP contribution is 1.99. The summed E-state index contributed by atoms with van der Waals surface area (Å²) in [4.78, 5) is 57.3. The van der Waals surface area contributed by atoms with Crippen LogP contribution in [0.2, 0.25) is 0 Å². The SMILES string of the molecule is CC(=O)NCC(=O)N[C@@H](CCC(=O)O)C(=O)NCC(=O)N[C@@H](C)CCCN. The molecule has 0 saturated carbocycles. The highest BCUT2D eigenvalue weighted by Gasteiger charge is 2.22. The lowest BCUT2D eigenvalue weighted by Crippen LogP contribution is -2.51. The standard InChI is InChI=1S/C16H29N5O6/c1-10(4-3-7-17)20-13(23)9-19-16(27)12(5-6-15(25)26)21-14(24)8-18-11(2)22/h10,12H,3-9,17H2,1-2H3,(H,18,22)(H,19,27)(H,20,23)(H,21,24)(H,25,26)/t10-,12-/m0/s1. The van der Waals surface area contributed by atoms with Gasteiger partial charge in [0.15, 0.2) is 0 Å². The largest absolute Gasteiger partial charge is 0.481 e. The lowest BCUT2D eigenvalue weighted by atomic mass is 10.1. The van der Waals surface area contributed by atoms with Gasteiger partial charge in [-0.05, 0) is 32.7 Å². The molecule has 27 heavy (non-hydrogen) atoms. The lowest BCUT2D eigenvalue weighted by molar-refractivity contribution is -0.138. The van der Waals surface area contributed by atoms with Crippen molar-refractivity contribution in [3.8, 4) is 0 Å². The summed E-state index contributed by atoms with van der Waals surface area (Å²) in [6.07, 6.45) is 0.963. The first-order valence-electron chi connectivity index (χ1n) is 8.68. The number of carbonyl (C=O) groups is 5.